The molecule has 2 aromatic rings. The Kier molecular flexibility index (Phi) is 9.13. The zero-order valence-electron chi connectivity index (χ0n) is 17.6. The zero-order valence-corrected chi connectivity index (χ0v) is 18.4. The maximum atomic E-state index is 12.5. The van der Waals surface area contributed by atoms with E-state index in [0.717, 1.165) is 30.5 Å². The van der Waals surface area contributed by atoms with Gasteiger partial charge in [0.25, 0.3) is 0 Å². The van der Waals surface area contributed by atoms with Gasteiger partial charge in [-0.25, -0.2) is 0 Å². The Labute approximate surface area is 189 Å². The van der Waals surface area contributed by atoms with Crippen molar-refractivity contribution in [3.05, 3.63) is 82.9 Å². The summed E-state index contributed by atoms with van der Waals surface area (Å²) in [6, 6.07) is 17.3. The summed E-state index contributed by atoms with van der Waals surface area (Å²) < 4.78 is 5.74. The minimum atomic E-state index is -0.252. The number of cyclic esters (lactones) is 1. The first kappa shape index (κ1) is 23.0. The molecule has 0 unspecified atom stereocenters. The van der Waals surface area contributed by atoms with Crippen LogP contribution in [0, 0.1) is 0 Å². The number of halogens is 1. The average molecular weight is 441 g/mol. The molecule has 0 saturated heterocycles. The fraction of sp³-hybridized carbons (Fsp3) is 0.360. The topological polar surface area (TPSA) is 58.6 Å². The maximum Gasteiger partial charge on any atom is 0.306 e. The molecule has 1 amide bonds. The molecule has 2 aromatic carbocycles. The van der Waals surface area contributed by atoms with Crippen LogP contribution in [0.15, 0.2) is 66.7 Å². The summed E-state index contributed by atoms with van der Waals surface area (Å²) in [6.45, 7) is 2.23. The van der Waals surface area contributed by atoms with E-state index in [1.807, 2.05) is 66.7 Å². The van der Waals surface area contributed by atoms with Crippen LogP contribution in [0.3, 0.4) is 0 Å². The summed E-state index contributed by atoms with van der Waals surface area (Å²) >= 11 is 5.91. The van der Waals surface area contributed by atoms with Gasteiger partial charge in [-0.15, -0.1) is 0 Å². The summed E-state index contributed by atoms with van der Waals surface area (Å²) in [4.78, 5) is 26.8. The lowest BCUT2D eigenvalue weighted by Gasteiger charge is -2.23. The number of esters is 1. The van der Waals surface area contributed by atoms with Gasteiger partial charge in [0.05, 0.1) is 6.54 Å². The van der Waals surface area contributed by atoms with Gasteiger partial charge in [0.2, 0.25) is 5.91 Å². The number of allylic oxidation sites excluding steroid dienone is 1. The lowest BCUT2D eigenvalue weighted by molar-refractivity contribution is -0.149. The lowest BCUT2D eigenvalue weighted by atomic mass is 10.0. The van der Waals surface area contributed by atoms with Gasteiger partial charge in [-0.1, -0.05) is 66.2 Å². The smallest absolute Gasteiger partial charge is 0.306 e. The Morgan fingerprint density at radius 2 is 1.87 bits per heavy atom. The van der Waals surface area contributed by atoms with Crippen LogP contribution in [0.2, 0.25) is 5.02 Å². The maximum absolute atomic E-state index is 12.5. The predicted molar refractivity (Wildman–Crippen MR) is 123 cm³/mol. The summed E-state index contributed by atoms with van der Waals surface area (Å²) in [7, 11) is 0. The molecule has 0 radical (unpaired) electrons. The number of hydrogen-bond donors (Lipinski definition) is 1. The van der Waals surface area contributed by atoms with Gasteiger partial charge >= 0.3 is 5.97 Å². The van der Waals surface area contributed by atoms with E-state index in [2.05, 4.69) is 10.2 Å². The number of rotatable bonds is 5. The van der Waals surface area contributed by atoms with Crippen molar-refractivity contribution in [3.63, 3.8) is 0 Å². The van der Waals surface area contributed by atoms with Crippen molar-refractivity contribution in [2.45, 2.75) is 38.3 Å². The van der Waals surface area contributed by atoms with Crippen molar-refractivity contribution in [3.8, 4) is 0 Å². The third kappa shape index (κ3) is 8.19. The van der Waals surface area contributed by atoms with Crippen molar-refractivity contribution in [2.75, 3.05) is 19.6 Å². The SMILES string of the molecule is O=C(CN1C/C=C/CCC(=O)O[C@H](c2ccccc2)CCC1)NCc1ccc(Cl)cc1. The largest absolute Gasteiger partial charge is 0.457 e. The predicted octanol–water partition coefficient (Wildman–Crippen LogP) is 4.67. The first-order valence-electron chi connectivity index (χ1n) is 10.7. The van der Waals surface area contributed by atoms with Crippen LogP contribution in [-0.2, 0) is 20.9 Å². The molecule has 0 aliphatic carbocycles. The Balaban J connectivity index is 1.56. The normalized spacial score (nSPS) is 19.5. The molecule has 1 aliphatic heterocycles. The van der Waals surface area contributed by atoms with Crippen LogP contribution in [0.5, 0.6) is 0 Å². The van der Waals surface area contributed by atoms with Crippen LogP contribution in [0.1, 0.15) is 42.9 Å². The highest BCUT2D eigenvalue weighted by molar-refractivity contribution is 6.30. The van der Waals surface area contributed by atoms with Crippen molar-refractivity contribution in [1.29, 1.82) is 0 Å². The molecular formula is C25H29ClN2O3. The van der Waals surface area contributed by atoms with Crippen LogP contribution in [0.4, 0.5) is 0 Å². The third-order valence-corrected chi connectivity index (χ3v) is 5.45. The van der Waals surface area contributed by atoms with E-state index in [0.29, 0.717) is 37.5 Å². The van der Waals surface area contributed by atoms with E-state index in [1.54, 1.807) is 0 Å². The quantitative estimate of drug-likeness (QED) is 0.542. The Bertz CT molecular complexity index is 868. The standard InChI is InChI=1S/C25H29ClN2O3/c26-22-14-12-20(13-15-22)18-27-24(29)19-28-16-6-2-5-11-25(30)31-23(10-7-17-28)21-8-3-1-4-9-21/h1-4,6,8-9,12-15,23H,5,7,10-11,16-19H2,(H,27,29)/b6-2+/t23-/m0/s1. The summed E-state index contributed by atoms with van der Waals surface area (Å²) in [6.07, 6.45) is 6.30. The lowest BCUT2D eigenvalue weighted by Crippen LogP contribution is -2.37. The number of carbonyl (C=O) groups is 2. The van der Waals surface area contributed by atoms with Crippen molar-refractivity contribution in [2.24, 2.45) is 0 Å². The van der Waals surface area contributed by atoms with Crippen LogP contribution in [-0.4, -0.2) is 36.4 Å². The van der Waals surface area contributed by atoms with E-state index in [9.17, 15) is 9.59 Å². The Morgan fingerprint density at radius 3 is 2.65 bits per heavy atom. The molecule has 1 heterocycles. The second kappa shape index (κ2) is 12.3. The number of benzene rings is 2. The minimum absolute atomic E-state index is 0.0125. The van der Waals surface area contributed by atoms with Gasteiger partial charge in [0.15, 0.2) is 0 Å². The molecule has 1 atom stereocenters. The van der Waals surface area contributed by atoms with Crippen molar-refractivity contribution < 1.29 is 14.3 Å². The van der Waals surface area contributed by atoms with Gasteiger partial charge in [0, 0.05) is 24.5 Å². The van der Waals surface area contributed by atoms with E-state index in [1.165, 1.54) is 0 Å². The van der Waals surface area contributed by atoms with Gasteiger partial charge in [-0.05, 0) is 49.1 Å². The molecule has 1 N–H and O–H groups in total. The minimum Gasteiger partial charge on any atom is -0.457 e. The van der Waals surface area contributed by atoms with Gasteiger partial charge in [-0.2, -0.15) is 0 Å². The monoisotopic (exact) mass is 440 g/mol. The number of hydrogen-bond acceptors (Lipinski definition) is 4. The highest BCUT2D eigenvalue weighted by Crippen LogP contribution is 2.24. The molecule has 0 fully saturated rings. The molecule has 31 heavy (non-hydrogen) atoms. The van der Waals surface area contributed by atoms with Gasteiger partial charge < -0.3 is 10.1 Å². The number of ether oxygens (including phenoxy) is 1. The molecule has 0 bridgehead atoms. The number of carbonyl (C=O) groups excluding carboxylic acids is 2. The van der Waals surface area contributed by atoms with Gasteiger partial charge in [0.1, 0.15) is 6.10 Å². The molecule has 3 rings (SSSR count). The highest BCUT2D eigenvalue weighted by Gasteiger charge is 2.18. The van der Waals surface area contributed by atoms with Crippen LogP contribution < -0.4 is 5.32 Å². The molecular weight excluding hydrogens is 412 g/mol. The average Bonchev–Trinajstić information content (AvgIpc) is 2.77. The second-order valence-electron chi connectivity index (χ2n) is 7.68. The first-order chi connectivity index (χ1) is 15.1. The molecule has 0 saturated carbocycles. The molecule has 0 aromatic heterocycles. The fourth-order valence-corrected chi connectivity index (χ4v) is 3.64. The van der Waals surface area contributed by atoms with Crippen LogP contribution in [0.25, 0.3) is 0 Å². The van der Waals surface area contributed by atoms with Crippen molar-refractivity contribution in [1.82, 2.24) is 10.2 Å². The van der Waals surface area contributed by atoms with Crippen LogP contribution >= 0.6 is 11.6 Å². The summed E-state index contributed by atoms with van der Waals surface area (Å²) in [5.41, 5.74) is 2.02. The van der Waals surface area contributed by atoms with Crippen molar-refractivity contribution >= 4 is 23.5 Å². The molecule has 6 heteroatoms. The van der Waals surface area contributed by atoms with Gasteiger partial charge in [-0.3, -0.25) is 14.5 Å². The van der Waals surface area contributed by atoms with E-state index in [4.69, 9.17) is 16.3 Å². The third-order valence-electron chi connectivity index (χ3n) is 5.20. The summed E-state index contributed by atoms with van der Waals surface area (Å²) in [5, 5.41) is 3.66. The number of nitrogens with one attached hydrogen (secondary N) is 1. The highest BCUT2D eigenvalue weighted by atomic mass is 35.5. The Morgan fingerprint density at radius 1 is 1.10 bits per heavy atom. The fourth-order valence-electron chi connectivity index (χ4n) is 3.52. The number of nitrogens with zero attached hydrogens (tertiary/aromatic N) is 1. The Hall–Kier alpha value is -2.63. The second-order valence-corrected chi connectivity index (χ2v) is 8.12. The molecule has 0 spiro atoms. The summed E-state index contributed by atoms with van der Waals surface area (Å²) in [5.74, 6) is -0.181. The number of amides is 1. The molecule has 5 nitrogen and oxygen atoms in total. The van der Waals surface area contributed by atoms with E-state index >= 15 is 0 Å². The van der Waals surface area contributed by atoms with E-state index < -0.39 is 0 Å². The zero-order chi connectivity index (χ0) is 21.9. The molecule has 1 aliphatic rings. The first-order valence-corrected chi connectivity index (χ1v) is 11.1. The van der Waals surface area contributed by atoms with E-state index in [-0.39, 0.29) is 18.0 Å². The molecule has 164 valence electrons.